The van der Waals surface area contributed by atoms with E-state index in [-0.39, 0.29) is 0 Å². The van der Waals surface area contributed by atoms with Crippen LogP contribution in [0.25, 0.3) is 0 Å². The summed E-state index contributed by atoms with van der Waals surface area (Å²) in [5, 5.41) is 7.32. The second kappa shape index (κ2) is 4.65. The Labute approximate surface area is 94.3 Å². The van der Waals surface area contributed by atoms with Crippen molar-refractivity contribution in [2.45, 2.75) is 6.42 Å². The highest BCUT2D eigenvalue weighted by molar-refractivity contribution is 5.48. The van der Waals surface area contributed by atoms with Crippen LogP contribution in [0.4, 0.5) is 11.5 Å². The summed E-state index contributed by atoms with van der Waals surface area (Å²) in [6.45, 7) is 0.822. The Hall–Kier alpha value is -2.04. The quantitative estimate of drug-likeness (QED) is 0.803. The van der Waals surface area contributed by atoms with Gasteiger partial charge in [0.2, 0.25) is 0 Å². The van der Waals surface area contributed by atoms with Gasteiger partial charge in [0.15, 0.2) is 0 Å². The van der Waals surface area contributed by atoms with E-state index in [0.29, 0.717) is 0 Å². The summed E-state index contributed by atoms with van der Waals surface area (Å²) in [5.41, 5.74) is 7.58. The molecule has 0 fully saturated rings. The molecule has 0 atom stereocenters. The van der Waals surface area contributed by atoms with Crippen LogP contribution >= 0.6 is 0 Å². The van der Waals surface area contributed by atoms with Crippen molar-refractivity contribution >= 4 is 11.5 Å². The van der Waals surface area contributed by atoms with E-state index in [9.17, 15) is 0 Å². The first-order chi connectivity index (χ1) is 7.74. The molecule has 0 saturated heterocycles. The number of hydrogen-bond acceptors (Lipinski definition) is 4. The first kappa shape index (κ1) is 10.5. The maximum Gasteiger partial charge on any atom is 0.127 e. The molecule has 2 heterocycles. The van der Waals surface area contributed by atoms with Crippen LogP contribution in [0.2, 0.25) is 0 Å². The summed E-state index contributed by atoms with van der Waals surface area (Å²) in [6.07, 6.45) is 6.50. The molecular formula is C11H15N5. The lowest BCUT2D eigenvalue weighted by atomic mass is 10.2. The Bertz CT molecular complexity index is 463. The maximum atomic E-state index is 5.65. The average molecular weight is 217 g/mol. The van der Waals surface area contributed by atoms with Gasteiger partial charge >= 0.3 is 0 Å². The lowest BCUT2D eigenvalue weighted by molar-refractivity contribution is 0.767. The third kappa shape index (κ3) is 2.73. The summed E-state index contributed by atoms with van der Waals surface area (Å²) in [5.74, 6) is 0.809. The van der Waals surface area contributed by atoms with E-state index in [4.69, 9.17) is 5.73 Å². The van der Waals surface area contributed by atoms with Gasteiger partial charge in [-0.05, 0) is 18.1 Å². The SMILES string of the molecule is Cn1cc(CCNc2cc(N)ccn2)cn1. The Morgan fingerprint density at radius 1 is 1.50 bits per heavy atom. The molecule has 2 rings (SSSR count). The molecule has 0 aliphatic carbocycles. The summed E-state index contributed by atoms with van der Waals surface area (Å²) in [7, 11) is 1.91. The van der Waals surface area contributed by atoms with Gasteiger partial charge in [0, 0.05) is 37.7 Å². The average Bonchev–Trinajstić information content (AvgIpc) is 2.64. The smallest absolute Gasteiger partial charge is 0.127 e. The lowest BCUT2D eigenvalue weighted by Gasteiger charge is -2.04. The van der Waals surface area contributed by atoms with Gasteiger partial charge in [-0.3, -0.25) is 4.68 Å². The Morgan fingerprint density at radius 2 is 2.38 bits per heavy atom. The highest BCUT2D eigenvalue weighted by Gasteiger charge is 1.97. The predicted octanol–water partition coefficient (Wildman–Crippen LogP) is 1.05. The minimum absolute atomic E-state index is 0.721. The second-order valence-corrected chi connectivity index (χ2v) is 3.67. The molecule has 3 N–H and O–H groups in total. The number of nitrogens with two attached hydrogens (primary N) is 1. The molecular weight excluding hydrogens is 202 g/mol. The van der Waals surface area contributed by atoms with Crippen molar-refractivity contribution in [3.63, 3.8) is 0 Å². The number of anilines is 2. The van der Waals surface area contributed by atoms with Crippen LogP contribution in [0.15, 0.2) is 30.7 Å². The maximum absolute atomic E-state index is 5.65. The number of aromatic nitrogens is 3. The van der Waals surface area contributed by atoms with Crippen molar-refractivity contribution in [1.82, 2.24) is 14.8 Å². The van der Waals surface area contributed by atoms with E-state index in [1.165, 1.54) is 5.56 Å². The molecule has 0 saturated carbocycles. The number of hydrogen-bond donors (Lipinski definition) is 2. The molecule has 0 amide bonds. The van der Waals surface area contributed by atoms with E-state index in [2.05, 4.69) is 15.4 Å². The normalized spacial score (nSPS) is 10.3. The van der Waals surface area contributed by atoms with Gasteiger partial charge in [0.25, 0.3) is 0 Å². The Kier molecular flexibility index (Phi) is 3.05. The summed E-state index contributed by atoms with van der Waals surface area (Å²) in [4.78, 5) is 4.16. The predicted molar refractivity (Wildman–Crippen MR) is 64.1 cm³/mol. The molecule has 2 aromatic rings. The van der Waals surface area contributed by atoms with Crippen molar-refractivity contribution in [1.29, 1.82) is 0 Å². The monoisotopic (exact) mass is 217 g/mol. The van der Waals surface area contributed by atoms with Crippen molar-refractivity contribution in [3.05, 3.63) is 36.3 Å². The van der Waals surface area contributed by atoms with Gasteiger partial charge in [0.1, 0.15) is 5.82 Å². The largest absolute Gasteiger partial charge is 0.399 e. The zero-order chi connectivity index (χ0) is 11.4. The molecule has 0 aliphatic rings. The van der Waals surface area contributed by atoms with Crippen molar-refractivity contribution in [2.75, 3.05) is 17.6 Å². The van der Waals surface area contributed by atoms with Crippen LogP contribution in [0.5, 0.6) is 0 Å². The van der Waals surface area contributed by atoms with Gasteiger partial charge in [-0.15, -0.1) is 0 Å². The fourth-order valence-electron chi connectivity index (χ4n) is 1.48. The molecule has 16 heavy (non-hydrogen) atoms. The number of pyridine rings is 1. The summed E-state index contributed by atoms with van der Waals surface area (Å²) in [6, 6.07) is 3.59. The first-order valence-electron chi connectivity index (χ1n) is 5.17. The van der Waals surface area contributed by atoms with Crippen LogP contribution in [-0.2, 0) is 13.5 Å². The zero-order valence-corrected chi connectivity index (χ0v) is 9.22. The standard InChI is InChI=1S/C11H15N5/c1-16-8-9(7-15-16)2-4-13-11-6-10(12)3-5-14-11/h3,5-8H,2,4H2,1H3,(H3,12,13,14). The number of nitrogens with one attached hydrogen (secondary N) is 1. The minimum atomic E-state index is 0.721. The Morgan fingerprint density at radius 3 is 3.06 bits per heavy atom. The molecule has 0 aromatic carbocycles. The molecule has 0 bridgehead atoms. The van der Waals surface area contributed by atoms with Crippen LogP contribution in [0.1, 0.15) is 5.56 Å². The molecule has 0 aliphatic heterocycles. The fourth-order valence-corrected chi connectivity index (χ4v) is 1.48. The van der Waals surface area contributed by atoms with Crippen molar-refractivity contribution in [2.24, 2.45) is 7.05 Å². The first-order valence-corrected chi connectivity index (χ1v) is 5.17. The molecule has 84 valence electrons. The van der Waals surface area contributed by atoms with E-state index < -0.39 is 0 Å². The van der Waals surface area contributed by atoms with Gasteiger partial charge in [-0.25, -0.2) is 4.98 Å². The van der Waals surface area contributed by atoms with Crippen LogP contribution in [0, 0.1) is 0 Å². The van der Waals surface area contributed by atoms with Gasteiger partial charge in [-0.2, -0.15) is 5.10 Å². The molecule has 5 nitrogen and oxygen atoms in total. The minimum Gasteiger partial charge on any atom is -0.399 e. The lowest BCUT2D eigenvalue weighted by Crippen LogP contribution is -2.06. The van der Waals surface area contributed by atoms with E-state index in [1.807, 2.05) is 25.5 Å². The van der Waals surface area contributed by atoms with E-state index in [1.54, 1.807) is 16.9 Å². The van der Waals surface area contributed by atoms with E-state index >= 15 is 0 Å². The molecule has 0 unspecified atom stereocenters. The third-order valence-corrected chi connectivity index (χ3v) is 2.26. The number of nitrogen functional groups attached to an aromatic ring is 1. The van der Waals surface area contributed by atoms with Gasteiger partial charge < -0.3 is 11.1 Å². The van der Waals surface area contributed by atoms with Gasteiger partial charge in [0.05, 0.1) is 6.20 Å². The summed E-state index contributed by atoms with van der Waals surface area (Å²) < 4.78 is 1.80. The van der Waals surface area contributed by atoms with Crippen molar-refractivity contribution < 1.29 is 0 Å². The topological polar surface area (TPSA) is 68.8 Å². The third-order valence-electron chi connectivity index (χ3n) is 2.26. The molecule has 5 heteroatoms. The number of aryl methyl sites for hydroxylation is 1. The van der Waals surface area contributed by atoms with Crippen LogP contribution in [0.3, 0.4) is 0 Å². The van der Waals surface area contributed by atoms with E-state index in [0.717, 1.165) is 24.5 Å². The van der Waals surface area contributed by atoms with Gasteiger partial charge in [-0.1, -0.05) is 0 Å². The zero-order valence-electron chi connectivity index (χ0n) is 9.22. The van der Waals surface area contributed by atoms with Crippen LogP contribution < -0.4 is 11.1 Å². The number of nitrogens with zero attached hydrogens (tertiary/aromatic N) is 3. The fraction of sp³-hybridized carbons (Fsp3) is 0.273. The molecule has 2 aromatic heterocycles. The second-order valence-electron chi connectivity index (χ2n) is 3.67. The molecule has 0 spiro atoms. The van der Waals surface area contributed by atoms with Crippen LogP contribution in [-0.4, -0.2) is 21.3 Å². The van der Waals surface area contributed by atoms with Crippen molar-refractivity contribution in [3.8, 4) is 0 Å². The number of rotatable bonds is 4. The summed E-state index contributed by atoms with van der Waals surface area (Å²) >= 11 is 0. The highest BCUT2D eigenvalue weighted by atomic mass is 15.2. The highest BCUT2D eigenvalue weighted by Crippen LogP contribution is 2.07. The Balaban J connectivity index is 1.84. The molecule has 0 radical (unpaired) electrons.